The Kier molecular flexibility index (Phi) is 5.89. The average Bonchev–Trinajstić information content (AvgIpc) is 2.69. The van der Waals surface area contributed by atoms with Crippen molar-refractivity contribution >= 4 is 29.2 Å². The maximum absolute atomic E-state index is 12.9. The molecule has 1 aliphatic rings. The summed E-state index contributed by atoms with van der Waals surface area (Å²) in [6, 6.07) is 18.0. The highest BCUT2D eigenvalue weighted by Gasteiger charge is 2.40. The molecule has 0 bridgehead atoms. The summed E-state index contributed by atoms with van der Waals surface area (Å²) in [6.07, 6.45) is -0.112. The van der Waals surface area contributed by atoms with Gasteiger partial charge in [-0.15, -0.1) is 0 Å². The molecule has 0 fully saturated rings. The third-order valence-electron chi connectivity index (χ3n) is 4.57. The van der Waals surface area contributed by atoms with E-state index in [0.717, 1.165) is 0 Å². The topological polar surface area (TPSA) is 75.7 Å². The Bertz CT molecular complexity index is 907. The number of carbonyl (C=O) groups excluding carboxylic acids is 3. The summed E-state index contributed by atoms with van der Waals surface area (Å²) in [4.78, 5) is 39.9. The number of benzene rings is 2. The fourth-order valence-corrected chi connectivity index (χ4v) is 3.32. The van der Waals surface area contributed by atoms with Crippen molar-refractivity contribution in [3.05, 3.63) is 71.9 Å². The fraction of sp³-hybridized carbons (Fsp3) is 0.227. The summed E-state index contributed by atoms with van der Waals surface area (Å²) < 4.78 is 5.19. The van der Waals surface area contributed by atoms with Gasteiger partial charge < -0.3 is 10.1 Å². The van der Waals surface area contributed by atoms with Crippen molar-refractivity contribution < 1.29 is 19.1 Å². The molecule has 3 rings (SSSR count). The third kappa shape index (κ3) is 3.96. The molecule has 0 aromatic heterocycles. The van der Waals surface area contributed by atoms with Crippen LogP contribution in [-0.4, -0.2) is 24.4 Å². The minimum absolute atomic E-state index is 0.112. The Hall–Kier alpha value is -3.41. The molecule has 144 valence electrons. The lowest BCUT2D eigenvalue weighted by Crippen LogP contribution is -2.43. The van der Waals surface area contributed by atoms with Crippen LogP contribution in [0.1, 0.15) is 20.3 Å². The highest BCUT2D eigenvalue weighted by Crippen LogP contribution is 2.34. The maximum atomic E-state index is 12.9. The molecule has 6 heteroatoms. The van der Waals surface area contributed by atoms with Crippen molar-refractivity contribution in [1.29, 1.82) is 0 Å². The summed E-state index contributed by atoms with van der Waals surface area (Å²) in [7, 11) is 0. The van der Waals surface area contributed by atoms with Gasteiger partial charge in [0.05, 0.1) is 18.1 Å². The van der Waals surface area contributed by atoms with Gasteiger partial charge in [-0.3, -0.25) is 14.5 Å². The third-order valence-corrected chi connectivity index (χ3v) is 4.57. The van der Waals surface area contributed by atoms with Crippen molar-refractivity contribution in [2.45, 2.75) is 20.3 Å². The van der Waals surface area contributed by atoms with Crippen LogP contribution in [-0.2, 0) is 19.1 Å². The minimum atomic E-state index is -0.910. The number of anilines is 2. The predicted octanol–water partition coefficient (Wildman–Crippen LogP) is 3.52. The summed E-state index contributed by atoms with van der Waals surface area (Å²) in [5, 5.41) is 2.78. The van der Waals surface area contributed by atoms with Gasteiger partial charge in [0, 0.05) is 23.5 Å². The van der Waals surface area contributed by atoms with Gasteiger partial charge in [0.1, 0.15) is 0 Å². The average molecular weight is 378 g/mol. The smallest absolute Gasteiger partial charge is 0.336 e. The second-order valence-corrected chi connectivity index (χ2v) is 6.40. The van der Waals surface area contributed by atoms with Gasteiger partial charge in [0.25, 0.3) is 0 Å². The van der Waals surface area contributed by atoms with Gasteiger partial charge in [-0.25, -0.2) is 4.79 Å². The second-order valence-electron chi connectivity index (χ2n) is 6.40. The summed E-state index contributed by atoms with van der Waals surface area (Å²) in [6.45, 7) is 3.55. The van der Waals surface area contributed by atoms with Gasteiger partial charge in [0.15, 0.2) is 0 Å². The molecule has 0 saturated carbocycles. The molecule has 0 aliphatic carbocycles. The first kappa shape index (κ1) is 19.4. The Morgan fingerprint density at radius 1 is 1.07 bits per heavy atom. The molecule has 1 N–H and O–H groups in total. The number of nitrogens with one attached hydrogen (secondary N) is 1. The van der Waals surface area contributed by atoms with Gasteiger partial charge in [0.2, 0.25) is 11.8 Å². The van der Waals surface area contributed by atoms with Crippen LogP contribution in [0.2, 0.25) is 0 Å². The van der Waals surface area contributed by atoms with E-state index >= 15 is 0 Å². The minimum Gasteiger partial charge on any atom is -0.463 e. The lowest BCUT2D eigenvalue weighted by molar-refractivity contribution is -0.141. The number of hydrogen-bond donors (Lipinski definition) is 1. The molecule has 2 aromatic rings. The number of carbonyl (C=O) groups is 3. The predicted molar refractivity (Wildman–Crippen MR) is 106 cm³/mol. The van der Waals surface area contributed by atoms with Crippen molar-refractivity contribution in [3.63, 3.8) is 0 Å². The molecule has 1 unspecified atom stereocenters. The summed E-state index contributed by atoms with van der Waals surface area (Å²) >= 11 is 0. The zero-order valence-corrected chi connectivity index (χ0v) is 15.8. The SMILES string of the molecule is CCOC(=O)C1=C(C)N(c2ccccc2)C(=O)CC1C(=O)Nc1ccccc1. The first-order valence-electron chi connectivity index (χ1n) is 9.14. The van der Waals surface area contributed by atoms with Gasteiger partial charge in [-0.2, -0.15) is 0 Å². The summed E-state index contributed by atoms with van der Waals surface area (Å²) in [5.41, 5.74) is 1.87. The van der Waals surface area contributed by atoms with Crippen LogP contribution >= 0.6 is 0 Å². The van der Waals surface area contributed by atoms with E-state index in [2.05, 4.69) is 5.32 Å². The van der Waals surface area contributed by atoms with E-state index < -0.39 is 17.8 Å². The molecule has 2 amide bonds. The second kappa shape index (κ2) is 8.52. The molecule has 28 heavy (non-hydrogen) atoms. The van der Waals surface area contributed by atoms with Crippen molar-refractivity contribution in [1.82, 2.24) is 0 Å². The summed E-state index contributed by atoms with van der Waals surface area (Å²) in [5.74, 6) is -2.15. The van der Waals surface area contributed by atoms with Crippen LogP contribution in [0.5, 0.6) is 0 Å². The molecular weight excluding hydrogens is 356 g/mol. The fourth-order valence-electron chi connectivity index (χ4n) is 3.32. The zero-order valence-electron chi connectivity index (χ0n) is 15.8. The molecule has 1 aliphatic heterocycles. The van der Waals surface area contributed by atoms with E-state index in [1.54, 1.807) is 50.2 Å². The first-order valence-corrected chi connectivity index (χ1v) is 9.14. The standard InChI is InChI=1S/C22H22N2O4/c1-3-28-22(27)20-15(2)24(17-12-8-5-9-13-17)19(25)14-18(20)21(26)23-16-10-6-4-7-11-16/h4-13,18H,3,14H2,1-2H3,(H,23,26). The number of para-hydroxylation sites is 2. The normalized spacial score (nSPS) is 16.7. The Labute approximate surface area is 163 Å². The number of amides is 2. The van der Waals surface area contributed by atoms with E-state index in [4.69, 9.17) is 4.74 Å². The number of esters is 1. The Balaban J connectivity index is 2.00. The quantitative estimate of drug-likeness (QED) is 0.808. The van der Waals surface area contributed by atoms with Crippen molar-refractivity contribution in [2.75, 3.05) is 16.8 Å². The molecule has 0 saturated heterocycles. The van der Waals surface area contributed by atoms with Crippen LogP contribution in [0.4, 0.5) is 11.4 Å². The monoisotopic (exact) mass is 378 g/mol. The number of hydrogen-bond acceptors (Lipinski definition) is 4. The zero-order chi connectivity index (χ0) is 20.1. The van der Waals surface area contributed by atoms with E-state index in [-0.39, 0.29) is 24.5 Å². The molecule has 1 atom stereocenters. The van der Waals surface area contributed by atoms with Crippen LogP contribution < -0.4 is 10.2 Å². The van der Waals surface area contributed by atoms with Crippen LogP contribution in [0.3, 0.4) is 0 Å². The van der Waals surface area contributed by atoms with E-state index in [9.17, 15) is 14.4 Å². The highest BCUT2D eigenvalue weighted by molar-refractivity contribution is 6.10. The Morgan fingerprint density at radius 2 is 1.68 bits per heavy atom. The Morgan fingerprint density at radius 3 is 2.29 bits per heavy atom. The van der Waals surface area contributed by atoms with Crippen LogP contribution in [0.15, 0.2) is 71.9 Å². The highest BCUT2D eigenvalue weighted by atomic mass is 16.5. The van der Waals surface area contributed by atoms with Gasteiger partial charge in [-0.1, -0.05) is 36.4 Å². The largest absolute Gasteiger partial charge is 0.463 e. The maximum Gasteiger partial charge on any atom is 0.336 e. The van der Waals surface area contributed by atoms with E-state index in [0.29, 0.717) is 17.1 Å². The lowest BCUT2D eigenvalue weighted by atomic mass is 9.88. The lowest BCUT2D eigenvalue weighted by Gasteiger charge is -2.33. The molecule has 1 heterocycles. The number of nitrogens with zero attached hydrogens (tertiary/aromatic N) is 1. The molecule has 0 spiro atoms. The van der Waals surface area contributed by atoms with E-state index in [1.165, 1.54) is 4.90 Å². The van der Waals surface area contributed by atoms with Crippen LogP contribution in [0.25, 0.3) is 0 Å². The van der Waals surface area contributed by atoms with Crippen molar-refractivity contribution in [2.24, 2.45) is 5.92 Å². The van der Waals surface area contributed by atoms with E-state index in [1.807, 2.05) is 24.3 Å². The first-order chi connectivity index (χ1) is 13.5. The van der Waals surface area contributed by atoms with Crippen LogP contribution in [0, 0.1) is 5.92 Å². The number of ether oxygens (including phenoxy) is 1. The number of rotatable bonds is 5. The van der Waals surface area contributed by atoms with Gasteiger partial charge in [-0.05, 0) is 38.1 Å². The van der Waals surface area contributed by atoms with Crippen molar-refractivity contribution in [3.8, 4) is 0 Å². The molecule has 2 aromatic carbocycles. The van der Waals surface area contributed by atoms with Gasteiger partial charge >= 0.3 is 5.97 Å². The molecule has 0 radical (unpaired) electrons. The molecule has 6 nitrogen and oxygen atoms in total. The molecular formula is C22H22N2O4. The number of allylic oxidation sites excluding steroid dienone is 1.